The quantitative estimate of drug-likeness (QED) is 0.907. The van der Waals surface area contributed by atoms with E-state index in [1.54, 1.807) is 13.8 Å². The summed E-state index contributed by atoms with van der Waals surface area (Å²) in [6.07, 6.45) is 0.588. The summed E-state index contributed by atoms with van der Waals surface area (Å²) in [5.41, 5.74) is 2.31. The van der Waals surface area contributed by atoms with Crippen LogP contribution in [0.15, 0.2) is 28.8 Å². The van der Waals surface area contributed by atoms with E-state index in [1.165, 1.54) is 5.56 Å². The number of nitrogens with zero attached hydrogens (tertiary/aromatic N) is 2. The van der Waals surface area contributed by atoms with Gasteiger partial charge in [-0.3, -0.25) is 4.79 Å². The first-order valence-electron chi connectivity index (χ1n) is 6.59. The highest BCUT2D eigenvalue weighted by Crippen LogP contribution is 2.23. The lowest BCUT2D eigenvalue weighted by Crippen LogP contribution is -2.16. The fourth-order valence-corrected chi connectivity index (χ4v) is 1.93. The first-order valence-corrected chi connectivity index (χ1v) is 6.59. The van der Waals surface area contributed by atoms with Crippen LogP contribution in [-0.4, -0.2) is 21.2 Å². The second kappa shape index (κ2) is 5.86. The van der Waals surface area contributed by atoms with Crippen molar-refractivity contribution in [3.05, 3.63) is 47.1 Å². The molecule has 2 rings (SSSR count). The van der Waals surface area contributed by atoms with E-state index in [9.17, 15) is 4.79 Å². The lowest BCUT2D eigenvalue weighted by atomic mass is 9.96. The fraction of sp³-hybridized carbons (Fsp3) is 0.400. The summed E-state index contributed by atoms with van der Waals surface area (Å²) in [5.74, 6) is -0.759. The minimum Gasteiger partial charge on any atom is -0.481 e. The van der Waals surface area contributed by atoms with E-state index >= 15 is 0 Å². The molecule has 2 aromatic rings. The summed E-state index contributed by atoms with van der Waals surface area (Å²) in [6.45, 7) is 5.45. The first-order chi connectivity index (χ1) is 9.49. The van der Waals surface area contributed by atoms with Gasteiger partial charge in [-0.25, -0.2) is 0 Å². The molecule has 20 heavy (non-hydrogen) atoms. The molecule has 0 saturated heterocycles. The number of carbonyl (C=O) groups is 1. The van der Waals surface area contributed by atoms with Crippen molar-refractivity contribution in [1.82, 2.24) is 10.1 Å². The van der Waals surface area contributed by atoms with Crippen LogP contribution in [0, 0.1) is 12.8 Å². The van der Waals surface area contributed by atoms with Crippen LogP contribution in [0.5, 0.6) is 0 Å². The molecule has 106 valence electrons. The normalized spacial score (nSPS) is 13.9. The lowest BCUT2D eigenvalue weighted by molar-refractivity contribution is -0.141. The fourth-order valence-electron chi connectivity index (χ4n) is 1.93. The third-order valence-corrected chi connectivity index (χ3v) is 3.62. The second-order valence-electron chi connectivity index (χ2n) is 5.07. The van der Waals surface area contributed by atoms with E-state index in [-0.39, 0.29) is 5.92 Å². The van der Waals surface area contributed by atoms with Gasteiger partial charge < -0.3 is 9.63 Å². The molecule has 0 aliphatic heterocycles. The standard InChI is InChI=1S/C15H18N2O3/c1-9-6-4-5-7-12(9)8-13-16-14(20-17-13)10(2)11(3)15(18)19/h4-7,10-11H,8H2,1-3H3,(H,18,19). The van der Waals surface area contributed by atoms with Gasteiger partial charge in [0.25, 0.3) is 0 Å². The summed E-state index contributed by atoms with van der Waals surface area (Å²) < 4.78 is 5.19. The molecular formula is C15H18N2O3. The average molecular weight is 274 g/mol. The highest BCUT2D eigenvalue weighted by atomic mass is 16.5. The van der Waals surface area contributed by atoms with Gasteiger partial charge in [-0.15, -0.1) is 0 Å². The molecule has 2 atom stereocenters. The van der Waals surface area contributed by atoms with Crippen LogP contribution in [0.25, 0.3) is 0 Å². The summed E-state index contributed by atoms with van der Waals surface area (Å²) >= 11 is 0. The maximum atomic E-state index is 11.0. The number of carboxylic acids is 1. The highest BCUT2D eigenvalue weighted by Gasteiger charge is 2.25. The molecule has 5 nitrogen and oxygen atoms in total. The maximum Gasteiger partial charge on any atom is 0.307 e. The van der Waals surface area contributed by atoms with Gasteiger partial charge in [0.15, 0.2) is 5.82 Å². The molecule has 0 amide bonds. The van der Waals surface area contributed by atoms with Crippen molar-refractivity contribution >= 4 is 5.97 Å². The Morgan fingerprint density at radius 1 is 1.35 bits per heavy atom. The Balaban J connectivity index is 2.13. The Morgan fingerprint density at radius 3 is 2.70 bits per heavy atom. The summed E-state index contributed by atoms with van der Waals surface area (Å²) in [5, 5.41) is 12.9. The van der Waals surface area contributed by atoms with Crippen molar-refractivity contribution in [1.29, 1.82) is 0 Å². The molecule has 1 N–H and O–H groups in total. The summed E-state index contributed by atoms with van der Waals surface area (Å²) in [7, 11) is 0. The Hall–Kier alpha value is -2.17. The third-order valence-electron chi connectivity index (χ3n) is 3.62. The lowest BCUT2D eigenvalue weighted by Gasteiger charge is -2.10. The minimum atomic E-state index is -0.865. The minimum absolute atomic E-state index is 0.300. The van der Waals surface area contributed by atoms with Crippen LogP contribution >= 0.6 is 0 Å². The molecule has 0 bridgehead atoms. The summed E-state index contributed by atoms with van der Waals surface area (Å²) in [6, 6.07) is 8.01. The molecule has 0 aliphatic carbocycles. The molecule has 0 aliphatic rings. The first kappa shape index (κ1) is 14.2. The SMILES string of the molecule is Cc1ccccc1Cc1noc(C(C)C(C)C(=O)O)n1. The molecule has 1 aromatic carbocycles. The van der Waals surface area contributed by atoms with E-state index < -0.39 is 11.9 Å². The number of carboxylic acid groups (broad SMARTS) is 1. The Morgan fingerprint density at radius 2 is 2.05 bits per heavy atom. The van der Waals surface area contributed by atoms with E-state index in [0.29, 0.717) is 18.1 Å². The Kier molecular flexibility index (Phi) is 4.17. The van der Waals surface area contributed by atoms with Crippen molar-refractivity contribution in [2.75, 3.05) is 0 Å². The van der Waals surface area contributed by atoms with Crippen molar-refractivity contribution in [2.24, 2.45) is 5.92 Å². The second-order valence-corrected chi connectivity index (χ2v) is 5.07. The molecule has 0 saturated carbocycles. The van der Waals surface area contributed by atoms with Gasteiger partial charge in [-0.1, -0.05) is 43.3 Å². The van der Waals surface area contributed by atoms with Gasteiger partial charge >= 0.3 is 5.97 Å². The average Bonchev–Trinajstić information content (AvgIpc) is 2.88. The van der Waals surface area contributed by atoms with Crippen LogP contribution in [0.4, 0.5) is 0 Å². The molecule has 1 aromatic heterocycles. The van der Waals surface area contributed by atoms with E-state index in [1.807, 2.05) is 31.2 Å². The van der Waals surface area contributed by atoms with Crippen molar-refractivity contribution < 1.29 is 14.4 Å². The van der Waals surface area contributed by atoms with Gasteiger partial charge in [-0.05, 0) is 18.1 Å². The van der Waals surface area contributed by atoms with Gasteiger partial charge in [0.05, 0.1) is 5.92 Å². The number of aryl methyl sites for hydroxylation is 1. The molecular weight excluding hydrogens is 256 g/mol. The number of hydrogen-bond acceptors (Lipinski definition) is 4. The predicted octanol–water partition coefficient (Wildman–Crippen LogP) is 2.79. The molecule has 0 fully saturated rings. The van der Waals surface area contributed by atoms with E-state index in [4.69, 9.17) is 9.63 Å². The van der Waals surface area contributed by atoms with E-state index in [0.717, 1.165) is 5.56 Å². The largest absolute Gasteiger partial charge is 0.481 e. The predicted molar refractivity (Wildman–Crippen MR) is 73.5 cm³/mol. The zero-order valence-corrected chi connectivity index (χ0v) is 11.8. The van der Waals surface area contributed by atoms with Crippen molar-refractivity contribution in [3.8, 4) is 0 Å². The topological polar surface area (TPSA) is 76.2 Å². The smallest absolute Gasteiger partial charge is 0.307 e. The molecule has 2 unspecified atom stereocenters. The highest BCUT2D eigenvalue weighted by molar-refractivity contribution is 5.70. The number of hydrogen-bond donors (Lipinski definition) is 1. The van der Waals surface area contributed by atoms with E-state index in [2.05, 4.69) is 10.1 Å². The van der Waals surface area contributed by atoms with Crippen LogP contribution in [0.2, 0.25) is 0 Å². The van der Waals surface area contributed by atoms with Crippen molar-refractivity contribution in [3.63, 3.8) is 0 Å². The van der Waals surface area contributed by atoms with Gasteiger partial charge in [0, 0.05) is 12.3 Å². The number of rotatable bonds is 5. The number of benzene rings is 1. The maximum absolute atomic E-state index is 11.0. The molecule has 0 radical (unpaired) electrons. The number of aliphatic carboxylic acids is 1. The monoisotopic (exact) mass is 274 g/mol. The molecule has 1 heterocycles. The van der Waals surface area contributed by atoms with Crippen LogP contribution in [-0.2, 0) is 11.2 Å². The van der Waals surface area contributed by atoms with Crippen LogP contribution < -0.4 is 0 Å². The Bertz CT molecular complexity index is 607. The molecule has 0 spiro atoms. The zero-order valence-electron chi connectivity index (χ0n) is 11.8. The zero-order chi connectivity index (χ0) is 14.7. The third kappa shape index (κ3) is 3.04. The number of aromatic nitrogens is 2. The van der Waals surface area contributed by atoms with Gasteiger partial charge in [0.2, 0.25) is 5.89 Å². The molecule has 5 heteroatoms. The Labute approximate surface area is 117 Å². The van der Waals surface area contributed by atoms with Crippen LogP contribution in [0.3, 0.4) is 0 Å². The van der Waals surface area contributed by atoms with Gasteiger partial charge in [0.1, 0.15) is 0 Å². The van der Waals surface area contributed by atoms with Gasteiger partial charge in [-0.2, -0.15) is 4.98 Å². The van der Waals surface area contributed by atoms with Crippen molar-refractivity contribution in [2.45, 2.75) is 33.1 Å². The summed E-state index contributed by atoms with van der Waals surface area (Å²) in [4.78, 5) is 15.3. The van der Waals surface area contributed by atoms with Crippen LogP contribution in [0.1, 0.15) is 42.6 Å².